The molecule has 1 N–H and O–H groups in total. The number of nitrogens with one attached hydrogen (secondary N) is 1. The Kier molecular flexibility index (Phi) is 4.59. The number of aromatic nitrogens is 5. The van der Waals surface area contributed by atoms with Crippen molar-refractivity contribution < 1.29 is 18.8 Å². The lowest BCUT2D eigenvalue weighted by molar-refractivity contribution is -0.132. The summed E-state index contributed by atoms with van der Waals surface area (Å²) in [4.78, 5) is 23.1. The van der Waals surface area contributed by atoms with Gasteiger partial charge in [-0.05, 0) is 30.5 Å². The van der Waals surface area contributed by atoms with E-state index in [4.69, 9.17) is 14.0 Å². The molecule has 0 spiro atoms. The summed E-state index contributed by atoms with van der Waals surface area (Å²) < 4.78 is 16.5. The first-order valence-electron chi connectivity index (χ1n) is 9.65. The Bertz CT molecular complexity index is 1000. The van der Waals surface area contributed by atoms with Crippen LogP contribution in [0.1, 0.15) is 36.8 Å². The molecule has 150 valence electrons. The van der Waals surface area contributed by atoms with E-state index >= 15 is 0 Å². The van der Waals surface area contributed by atoms with Gasteiger partial charge in [0.1, 0.15) is 19.5 Å². The maximum atomic E-state index is 12.9. The second kappa shape index (κ2) is 7.53. The lowest BCUT2D eigenvalue weighted by Crippen LogP contribution is -2.30. The smallest absolute Gasteiger partial charge is 0.239 e. The maximum absolute atomic E-state index is 12.9. The van der Waals surface area contributed by atoms with E-state index in [2.05, 4.69) is 25.3 Å². The second-order valence-electron chi connectivity index (χ2n) is 6.99. The highest BCUT2D eigenvalue weighted by Crippen LogP contribution is 2.38. The highest BCUT2D eigenvalue weighted by Gasteiger charge is 2.31. The molecular weight excluding hydrogens is 376 g/mol. The molecule has 10 nitrogen and oxygen atoms in total. The van der Waals surface area contributed by atoms with Crippen LogP contribution in [0, 0.1) is 0 Å². The Labute approximate surface area is 166 Å². The van der Waals surface area contributed by atoms with Gasteiger partial charge < -0.3 is 18.9 Å². The average molecular weight is 396 g/mol. The van der Waals surface area contributed by atoms with Gasteiger partial charge in [-0.25, -0.2) is 4.98 Å². The van der Waals surface area contributed by atoms with E-state index in [1.54, 1.807) is 0 Å². The number of fused-ring (bicyclic) bond motifs is 1. The Morgan fingerprint density at radius 3 is 3.00 bits per heavy atom. The van der Waals surface area contributed by atoms with Crippen molar-refractivity contribution in [3.05, 3.63) is 36.0 Å². The minimum Gasteiger partial charge on any atom is -0.486 e. The summed E-state index contributed by atoms with van der Waals surface area (Å²) in [6.45, 7) is 1.85. The molecule has 1 aromatic carbocycles. The predicted molar refractivity (Wildman–Crippen MR) is 99.1 cm³/mol. The van der Waals surface area contributed by atoms with Crippen molar-refractivity contribution in [2.75, 3.05) is 19.8 Å². The van der Waals surface area contributed by atoms with Crippen LogP contribution in [0.4, 0.5) is 0 Å². The van der Waals surface area contributed by atoms with E-state index in [1.165, 1.54) is 6.33 Å². The first kappa shape index (κ1) is 17.7. The van der Waals surface area contributed by atoms with Crippen molar-refractivity contribution in [3.63, 3.8) is 0 Å². The molecule has 1 amide bonds. The van der Waals surface area contributed by atoms with Gasteiger partial charge in [0.15, 0.2) is 17.3 Å². The lowest BCUT2D eigenvalue weighted by atomic mass is 10.0. The van der Waals surface area contributed by atoms with Crippen LogP contribution >= 0.6 is 0 Å². The molecular formula is C19H20N6O4. The molecule has 2 aromatic heterocycles. The number of hydrogen-bond donors (Lipinski definition) is 1. The summed E-state index contributed by atoms with van der Waals surface area (Å²) >= 11 is 0. The number of nitrogens with zero attached hydrogens (tertiary/aromatic N) is 5. The van der Waals surface area contributed by atoms with Gasteiger partial charge in [0.2, 0.25) is 17.6 Å². The first-order valence-corrected chi connectivity index (χ1v) is 9.65. The molecule has 5 rings (SSSR count). The molecule has 2 aliphatic heterocycles. The number of ether oxygens (including phenoxy) is 2. The number of likely N-dealkylation sites (tertiary alicyclic amines) is 1. The number of amides is 1. The number of rotatable bonds is 5. The van der Waals surface area contributed by atoms with Crippen molar-refractivity contribution in [1.82, 2.24) is 30.2 Å². The maximum Gasteiger partial charge on any atom is 0.239 e. The van der Waals surface area contributed by atoms with Gasteiger partial charge in [-0.3, -0.25) is 9.89 Å². The number of benzene rings is 1. The topological polar surface area (TPSA) is 119 Å². The van der Waals surface area contributed by atoms with Crippen LogP contribution in [0.25, 0.3) is 11.6 Å². The fourth-order valence-corrected chi connectivity index (χ4v) is 3.80. The zero-order valence-electron chi connectivity index (χ0n) is 15.7. The molecule has 29 heavy (non-hydrogen) atoms. The lowest BCUT2D eigenvalue weighted by Gasteiger charge is -2.26. The van der Waals surface area contributed by atoms with E-state index in [9.17, 15) is 4.79 Å². The largest absolute Gasteiger partial charge is 0.486 e. The average Bonchev–Trinajstić information content (AvgIpc) is 3.52. The fourth-order valence-electron chi connectivity index (χ4n) is 3.80. The quantitative estimate of drug-likeness (QED) is 0.695. The first-order chi connectivity index (χ1) is 14.3. The minimum atomic E-state index is 0.0470. The van der Waals surface area contributed by atoms with Crippen molar-refractivity contribution in [2.24, 2.45) is 0 Å². The summed E-state index contributed by atoms with van der Waals surface area (Å²) in [6.07, 6.45) is 3.96. The molecule has 10 heteroatoms. The fraction of sp³-hybridized carbons (Fsp3) is 0.421. The zero-order valence-corrected chi connectivity index (χ0v) is 15.7. The molecule has 0 bridgehead atoms. The summed E-state index contributed by atoms with van der Waals surface area (Å²) in [5.74, 6) is 2.75. The third kappa shape index (κ3) is 3.53. The van der Waals surface area contributed by atoms with Gasteiger partial charge >= 0.3 is 0 Å². The van der Waals surface area contributed by atoms with E-state index in [0.29, 0.717) is 43.6 Å². The normalized spacial score (nSPS) is 18.2. The van der Waals surface area contributed by atoms with E-state index in [-0.39, 0.29) is 11.9 Å². The summed E-state index contributed by atoms with van der Waals surface area (Å²) in [6, 6.07) is 5.98. The molecule has 1 fully saturated rings. The van der Waals surface area contributed by atoms with E-state index < -0.39 is 0 Å². The van der Waals surface area contributed by atoms with Gasteiger partial charge in [-0.2, -0.15) is 10.1 Å². The highest BCUT2D eigenvalue weighted by molar-refractivity contribution is 5.77. The Hall–Kier alpha value is -3.43. The van der Waals surface area contributed by atoms with Gasteiger partial charge in [0, 0.05) is 19.4 Å². The van der Waals surface area contributed by atoms with Crippen molar-refractivity contribution in [2.45, 2.75) is 31.7 Å². The second-order valence-corrected chi connectivity index (χ2v) is 6.99. The molecule has 0 aliphatic carbocycles. The van der Waals surface area contributed by atoms with E-state index in [0.717, 1.165) is 36.4 Å². The number of aryl methyl sites for hydroxylation is 1. The summed E-state index contributed by atoms with van der Waals surface area (Å²) in [5, 5.41) is 10.3. The molecule has 3 aromatic rings. The highest BCUT2D eigenvalue weighted by atomic mass is 16.6. The monoisotopic (exact) mass is 396 g/mol. The Morgan fingerprint density at radius 1 is 1.24 bits per heavy atom. The van der Waals surface area contributed by atoms with Crippen molar-refractivity contribution in [3.8, 4) is 23.1 Å². The molecule has 4 heterocycles. The molecule has 2 aliphatic rings. The van der Waals surface area contributed by atoms with Crippen LogP contribution < -0.4 is 9.47 Å². The number of carbonyl (C=O) groups excluding carboxylic acids is 1. The minimum absolute atomic E-state index is 0.0470. The van der Waals surface area contributed by atoms with Crippen molar-refractivity contribution >= 4 is 5.91 Å². The number of hydrogen-bond acceptors (Lipinski definition) is 8. The summed E-state index contributed by atoms with van der Waals surface area (Å²) in [5.41, 5.74) is 1.07. The third-order valence-corrected chi connectivity index (χ3v) is 5.17. The van der Waals surface area contributed by atoms with Crippen LogP contribution in [0.3, 0.4) is 0 Å². The van der Waals surface area contributed by atoms with Gasteiger partial charge in [-0.1, -0.05) is 11.2 Å². The van der Waals surface area contributed by atoms with Gasteiger partial charge in [0.25, 0.3) is 0 Å². The van der Waals surface area contributed by atoms with E-state index in [1.807, 2.05) is 23.1 Å². The molecule has 0 saturated carbocycles. The molecule has 0 radical (unpaired) electrons. The number of aromatic amines is 1. The number of carbonyl (C=O) groups is 1. The van der Waals surface area contributed by atoms with Gasteiger partial charge in [0.05, 0.1) is 6.04 Å². The third-order valence-electron chi connectivity index (χ3n) is 5.17. The summed E-state index contributed by atoms with van der Waals surface area (Å²) in [7, 11) is 0. The van der Waals surface area contributed by atoms with Crippen LogP contribution in [-0.4, -0.2) is 55.9 Å². The standard InChI is InChI=1S/C19H20N6O4/c26-17(6-5-16-22-19(24-29-16)18-20-11-21-23-18)25-7-1-2-13(25)12-3-4-14-15(10-12)28-9-8-27-14/h3-4,10-11,13H,1-2,5-9H2,(H,20,21,23). The van der Waals surface area contributed by atoms with Crippen LogP contribution in [0.2, 0.25) is 0 Å². The Balaban J connectivity index is 1.25. The zero-order chi connectivity index (χ0) is 19.6. The predicted octanol–water partition coefficient (Wildman–Crippen LogP) is 1.92. The van der Waals surface area contributed by atoms with Crippen LogP contribution in [0.15, 0.2) is 29.0 Å². The van der Waals surface area contributed by atoms with Crippen molar-refractivity contribution in [1.29, 1.82) is 0 Å². The van der Waals surface area contributed by atoms with Crippen LogP contribution in [-0.2, 0) is 11.2 Å². The van der Waals surface area contributed by atoms with Crippen LogP contribution in [0.5, 0.6) is 11.5 Å². The molecule has 1 atom stereocenters. The molecule has 1 unspecified atom stereocenters. The van der Waals surface area contributed by atoms with Gasteiger partial charge in [-0.15, -0.1) is 0 Å². The number of H-pyrrole nitrogens is 1. The Morgan fingerprint density at radius 2 is 2.14 bits per heavy atom. The SMILES string of the molecule is O=C(CCc1nc(-c2ncn[nH]2)no1)N1CCCC1c1ccc2c(c1)OCCO2. The molecule has 1 saturated heterocycles.